The summed E-state index contributed by atoms with van der Waals surface area (Å²) in [5.41, 5.74) is 8.84. The molecule has 168 valence electrons. The molecule has 7 rings (SSSR count). The van der Waals surface area contributed by atoms with Crippen molar-refractivity contribution in [2.75, 3.05) is 0 Å². The molecule has 0 amide bonds. The van der Waals surface area contributed by atoms with Gasteiger partial charge in [0.25, 0.3) is 0 Å². The summed E-state index contributed by atoms with van der Waals surface area (Å²) in [4.78, 5) is 19.0. The third kappa shape index (κ3) is 3.39. The fourth-order valence-corrected chi connectivity index (χ4v) is 4.86. The number of pyridine rings is 4. The fourth-order valence-electron chi connectivity index (χ4n) is 4.86. The molecule has 0 bridgehead atoms. The Morgan fingerprint density at radius 1 is 0.417 bits per heavy atom. The molecule has 0 saturated carbocycles. The molecule has 7 aromatic rings. The van der Waals surface area contributed by atoms with Gasteiger partial charge in [-0.2, -0.15) is 0 Å². The van der Waals surface area contributed by atoms with Crippen LogP contribution < -0.4 is 0 Å². The summed E-state index contributed by atoms with van der Waals surface area (Å²) < 4.78 is 0. The standard InChI is InChI=1S/C32H20N4/c1-2-9-27-24(8-1)30(25-18-17-23-7-6-20-34-31(23)32(25)36-27)22-15-13-21(14-16-22)26-11-5-12-29(35-26)28-10-3-4-19-33-28/h1-20H. The Morgan fingerprint density at radius 3 is 2.08 bits per heavy atom. The average molecular weight is 461 g/mol. The van der Waals surface area contributed by atoms with Crippen molar-refractivity contribution in [3.05, 3.63) is 122 Å². The highest BCUT2D eigenvalue weighted by atomic mass is 14.8. The molecule has 0 spiro atoms. The predicted molar refractivity (Wildman–Crippen MR) is 146 cm³/mol. The number of nitrogens with zero attached hydrogens (tertiary/aromatic N) is 4. The van der Waals surface area contributed by atoms with Crippen LogP contribution in [0.15, 0.2) is 122 Å². The number of rotatable bonds is 3. The maximum Gasteiger partial charge on any atom is 0.0978 e. The van der Waals surface area contributed by atoms with Crippen LogP contribution in [0.25, 0.3) is 66.5 Å². The van der Waals surface area contributed by atoms with Crippen LogP contribution in [-0.2, 0) is 0 Å². The molecule has 0 aliphatic heterocycles. The number of hydrogen-bond acceptors (Lipinski definition) is 4. The van der Waals surface area contributed by atoms with E-state index in [1.165, 1.54) is 5.56 Å². The van der Waals surface area contributed by atoms with Crippen LogP contribution in [0, 0.1) is 0 Å². The highest BCUT2D eigenvalue weighted by Crippen LogP contribution is 2.37. The normalized spacial score (nSPS) is 11.3. The van der Waals surface area contributed by atoms with Gasteiger partial charge in [0.15, 0.2) is 0 Å². The summed E-state index contributed by atoms with van der Waals surface area (Å²) >= 11 is 0. The lowest BCUT2D eigenvalue weighted by Gasteiger charge is -2.13. The van der Waals surface area contributed by atoms with Gasteiger partial charge >= 0.3 is 0 Å². The summed E-state index contributed by atoms with van der Waals surface area (Å²) in [5.74, 6) is 0. The Morgan fingerprint density at radius 2 is 1.19 bits per heavy atom. The second kappa shape index (κ2) is 8.36. The fraction of sp³-hybridized carbons (Fsp3) is 0. The smallest absolute Gasteiger partial charge is 0.0978 e. The van der Waals surface area contributed by atoms with Crippen molar-refractivity contribution in [3.63, 3.8) is 0 Å². The van der Waals surface area contributed by atoms with Crippen molar-refractivity contribution in [1.29, 1.82) is 0 Å². The number of benzene rings is 3. The Bertz CT molecular complexity index is 1880. The van der Waals surface area contributed by atoms with Gasteiger partial charge < -0.3 is 0 Å². The van der Waals surface area contributed by atoms with Gasteiger partial charge in [-0.15, -0.1) is 0 Å². The highest BCUT2D eigenvalue weighted by Gasteiger charge is 2.14. The van der Waals surface area contributed by atoms with E-state index >= 15 is 0 Å². The number of aromatic nitrogens is 4. The van der Waals surface area contributed by atoms with Gasteiger partial charge in [0.05, 0.1) is 33.6 Å². The van der Waals surface area contributed by atoms with E-state index in [-0.39, 0.29) is 0 Å². The van der Waals surface area contributed by atoms with E-state index in [0.29, 0.717) is 0 Å². The zero-order valence-corrected chi connectivity index (χ0v) is 19.3. The molecule has 0 atom stereocenters. The number of fused-ring (bicyclic) bond motifs is 4. The quantitative estimate of drug-likeness (QED) is 0.200. The van der Waals surface area contributed by atoms with Crippen molar-refractivity contribution in [2.45, 2.75) is 0 Å². The third-order valence-corrected chi connectivity index (χ3v) is 6.57. The van der Waals surface area contributed by atoms with E-state index in [1.807, 2.05) is 54.7 Å². The zero-order chi connectivity index (χ0) is 23.9. The molecule has 4 heterocycles. The van der Waals surface area contributed by atoms with Gasteiger partial charge in [-0.3, -0.25) is 9.97 Å². The molecule has 36 heavy (non-hydrogen) atoms. The lowest BCUT2D eigenvalue weighted by molar-refractivity contribution is 1.25. The van der Waals surface area contributed by atoms with E-state index in [2.05, 4.69) is 70.6 Å². The van der Waals surface area contributed by atoms with Crippen molar-refractivity contribution in [1.82, 2.24) is 19.9 Å². The van der Waals surface area contributed by atoms with Gasteiger partial charge in [-0.1, -0.05) is 72.8 Å². The average Bonchev–Trinajstić information content (AvgIpc) is 2.96. The molecule has 3 aromatic carbocycles. The topological polar surface area (TPSA) is 51.6 Å². The minimum atomic E-state index is 0.864. The highest BCUT2D eigenvalue weighted by molar-refractivity contribution is 6.15. The molecule has 0 radical (unpaired) electrons. The van der Waals surface area contributed by atoms with Crippen LogP contribution in [0.5, 0.6) is 0 Å². The molecule has 4 nitrogen and oxygen atoms in total. The van der Waals surface area contributed by atoms with Gasteiger partial charge in [0.2, 0.25) is 0 Å². The van der Waals surface area contributed by atoms with E-state index in [9.17, 15) is 0 Å². The number of para-hydroxylation sites is 1. The van der Waals surface area contributed by atoms with Crippen LogP contribution in [0.4, 0.5) is 0 Å². The molecule has 0 N–H and O–H groups in total. The Kier molecular flexibility index (Phi) is 4.74. The summed E-state index contributed by atoms with van der Waals surface area (Å²) in [5, 5.41) is 3.32. The first-order valence-electron chi connectivity index (χ1n) is 11.9. The minimum absolute atomic E-state index is 0.864. The first-order chi connectivity index (χ1) is 17.8. The van der Waals surface area contributed by atoms with Crippen LogP contribution in [0.2, 0.25) is 0 Å². The first-order valence-corrected chi connectivity index (χ1v) is 11.9. The molecule has 0 unspecified atom stereocenters. The van der Waals surface area contributed by atoms with Crippen LogP contribution in [0.3, 0.4) is 0 Å². The van der Waals surface area contributed by atoms with E-state index in [0.717, 1.165) is 60.9 Å². The summed E-state index contributed by atoms with van der Waals surface area (Å²) in [6.07, 6.45) is 3.62. The van der Waals surface area contributed by atoms with E-state index < -0.39 is 0 Å². The van der Waals surface area contributed by atoms with Gasteiger partial charge in [-0.05, 0) is 42.0 Å². The molecule has 0 saturated heterocycles. The maximum absolute atomic E-state index is 5.02. The molecule has 0 aliphatic carbocycles. The van der Waals surface area contributed by atoms with Gasteiger partial charge in [0.1, 0.15) is 0 Å². The van der Waals surface area contributed by atoms with Gasteiger partial charge in [0, 0.05) is 39.7 Å². The predicted octanol–water partition coefficient (Wildman–Crippen LogP) is 7.73. The number of hydrogen-bond donors (Lipinski definition) is 0. The van der Waals surface area contributed by atoms with Gasteiger partial charge in [-0.25, -0.2) is 9.97 Å². The molecule has 0 fully saturated rings. The van der Waals surface area contributed by atoms with Crippen LogP contribution in [0.1, 0.15) is 0 Å². The second-order valence-corrected chi connectivity index (χ2v) is 8.74. The third-order valence-electron chi connectivity index (χ3n) is 6.57. The minimum Gasteiger partial charge on any atom is -0.255 e. The summed E-state index contributed by atoms with van der Waals surface area (Å²) in [7, 11) is 0. The zero-order valence-electron chi connectivity index (χ0n) is 19.3. The molecule has 4 heteroatoms. The van der Waals surface area contributed by atoms with Crippen molar-refractivity contribution >= 4 is 32.7 Å². The lowest BCUT2D eigenvalue weighted by atomic mass is 9.94. The summed E-state index contributed by atoms with van der Waals surface area (Å²) in [6.45, 7) is 0. The molecule has 0 aliphatic rings. The lowest BCUT2D eigenvalue weighted by Crippen LogP contribution is -1.92. The summed E-state index contributed by atoms with van der Waals surface area (Å²) in [6, 6.07) is 37.2. The Hall–Kier alpha value is -4.96. The van der Waals surface area contributed by atoms with Crippen LogP contribution in [-0.4, -0.2) is 19.9 Å². The van der Waals surface area contributed by atoms with E-state index in [1.54, 1.807) is 6.20 Å². The van der Waals surface area contributed by atoms with Crippen molar-refractivity contribution in [2.24, 2.45) is 0 Å². The second-order valence-electron chi connectivity index (χ2n) is 8.74. The maximum atomic E-state index is 5.02. The van der Waals surface area contributed by atoms with E-state index in [4.69, 9.17) is 9.97 Å². The van der Waals surface area contributed by atoms with Crippen molar-refractivity contribution in [3.8, 4) is 33.8 Å². The SMILES string of the molecule is c1ccc(-c2cccc(-c3ccc(-c4c5ccccc5nc5c4ccc4cccnc45)cc3)n2)nc1. The molecule has 4 aromatic heterocycles. The van der Waals surface area contributed by atoms with Crippen molar-refractivity contribution < 1.29 is 0 Å². The molecular formula is C32H20N4. The molecular weight excluding hydrogens is 440 g/mol. The monoisotopic (exact) mass is 460 g/mol. The largest absolute Gasteiger partial charge is 0.255 e. The Balaban J connectivity index is 1.39. The first kappa shape index (κ1) is 20.4. The Labute approximate surface area is 208 Å². The van der Waals surface area contributed by atoms with Crippen LogP contribution >= 0.6 is 0 Å².